The Labute approximate surface area is 76.9 Å². The van der Waals surface area contributed by atoms with Crippen LogP contribution in [0.2, 0.25) is 0 Å². The van der Waals surface area contributed by atoms with Crippen molar-refractivity contribution in [2.45, 2.75) is 0 Å². The molecule has 1 aromatic rings. The Kier molecular flexibility index (Phi) is 3.09. The standard InChI is InChI=1S/C6H6F4OSi2/c7-2-1-3(8)5(10)6(4(2)9)11-13-12/h1H,13H2,12H3. The molecule has 0 aromatic heterocycles. The van der Waals surface area contributed by atoms with Crippen LogP contribution in [0, 0.1) is 23.3 Å². The van der Waals surface area contributed by atoms with Crippen LogP contribution in [-0.4, -0.2) is 19.0 Å². The minimum Gasteiger partial charge on any atom is -0.550 e. The summed E-state index contributed by atoms with van der Waals surface area (Å²) >= 11 is 0. The maximum absolute atomic E-state index is 12.8. The minimum atomic E-state index is -1.46. The van der Waals surface area contributed by atoms with Crippen molar-refractivity contribution in [3.8, 4) is 5.75 Å². The molecule has 0 unspecified atom stereocenters. The molecular formula is C6H6F4OSi2. The monoisotopic (exact) mass is 226 g/mol. The van der Waals surface area contributed by atoms with E-state index in [9.17, 15) is 17.6 Å². The summed E-state index contributed by atoms with van der Waals surface area (Å²) in [5.74, 6) is -6.69. The quantitative estimate of drug-likeness (QED) is 0.391. The van der Waals surface area contributed by atoms with Crippen molar-refractivity contribution in [1.82, 2.24) is 0 Å². The first-order valence-electron chi connectivity index (χ1n) is 3.53. The lowest BCUT2D eigenvalue weighted by atomic mass is 10.3. The third-order valence-electron chi connectivity index (χ3n) is 1.36. The van der Waals surface area contributed by atoms with E-state index in [4.69, 9.17) is 0 Å². The Morgan fingerprint density at radius 3 is 1.92 bits per heavy atom. The van der Waals surface area contributed by atoms with E-state index in [1.54, 1.807) is 0 Å². The fraction of sp³-hybridized carbons (Fsp3) is 0. The van der Waals surface area contributed by atoms with Gasteiger partial charge in [0.25, 0.3) is 0 Å². The van der Waals surface area contributed by atoms with E-state index in [0.29, 0.717) is 9.76 Å². The van der Waals surface area contributed by atoms with Gasteiger partial charge in [0.05, 0.1) is 0 Å². The molecule has 1 rings (SSSR count). The van der Waals surface area contributed by atoms with Crippen LogP contribution in [0.1, 0.15) is 0 Å². The Balaban J connectivity index is 3.28. The second-order valence-corrected chi connectivity index (χ2v) is 4.83. The summed E-state index contributed by atoms with van der Waals surface area (Å²) in [6.07, 6.45) is 0. The highest BCUT2D eigenvalue weighted by molar-refractivity contribution is 6.85. The van der Waals surface area contributed by atoms with Crippen LogP contribution in [0.3, 0.4) is 0 Å². The Morgan fingerprint density at radius 2 is 1.54 bits per heavy atom. The average Bonchev–Trinajstić information content (AvgIpc) is 2.09. The molecule has 0 aliphatic carbocycles. The number of hydrogen-bond donors (Lipinski definition) is 0. The van der Waals surface area contributed by atoms with Gasteiger partial charge in [0.15, 0.2) is 26.7 Å². The molecular weight excluding hydrogens is 220 g/mol. The summed E-state index contributed by atoms with van der Waals surface area (Å²) in [7, 11) is -0.380. The summed E-state index contributed by atoms with van der Waals surface area (Å²) in [5, 5.41) is 0. The predicted molar refractivity (Wildman–Crippen MR) is 45.4 cm³/mol. The smallest absolute Gasteiger partial charge is 0.202 e. The van der Waals surface area contributed by atoms with Crippen molar-refractivity contribution in [1.29, 1.82) is 0 Å². The van der Waals surface area contributed by atoms with E-state index in [0.717, 1.165) is 0 Å². The fourth-order valence-electron chi connectivity index (χ4n) is 0.822. The predicted octanol–water partition coefficient (Wildman–Crippen LogP) is -0.0140. The molecule has 0 spiro atoms. The van der Waals surface area contributed by atoms with Gasteiger partial charge in [0.2, 0.25) is 11.6 Å². The van der Waals surface area contributed by atoms with Crippen LogP contribution in [-0.2, 0) is 0 Å². The highest BCUT2D eigenvalue weighted by Gasteiger charge is 2.19. The first-order chi connectivity index (χ1) is 6.07. The van der Waals surface area contributed by atoms with Gasteiger partial charge in [0, 0.05) is 15.8 Å². The topological polar surface area (TPSA) is 9.23 Å². The third-order valence-corrected chi connectivity index (χ3v) is 2.80. The molecule has 1 nitrogen and oxygen atoms in total. The van der Waals surface area contributed by atoms with Gasteiger partial charge in [-0.1, -0.05) is 0 Å². The van der Waals surface area contributed by atoms with Gasteiger partial charge in [-0.15, -0.1) is 0 Å². The third kappa shape index (κ3) is 1.91. The first-order valence-corrected chi connectivity index (χ1v) is 9.77. The van der Waals surface area contributed by atoms with Crippen molar-refractivity contribution in [3.63, 3.8) is 0 Å². The van der Waals surface area contributed by atoms with Gasteiger partial charge in [-0.2, -0.15) is 8.78 Å². The summed E-state index contributed by atoms with van der Waals surface area (Å²) < 4.78 is 55.1. The van der Waals surface area contributed by atoms with E-state index in [1.807, 2.05) is 0 Å². The lowest BCUT2D eigenvalue weighted by Gasteiger charge is -2.07. The van der Waals surface area contributed by atoms with E-state index < -0.39 is 38.3 Å². The van der Waals surface area contributed by atoms with Gasteiger partial charge >= 0.3 is 0 Å². The molecule has 13 heavy (non-hydrogen) atoms. The molecule has 0 aliphatic heterocycles. The fourth-order valence-corrected chi connectivity index (χ4v) is 2.23. The number of rotatable bonds is 2. The zero-order valence-corrected chi connectivity index (χ0v) is 10.1. The second kappa shape index (κ2) is 3.92. The highest BCUT2D eigenvalue weighted by Crippen LogP contribution is 2.25. The molecule has 0 bridgehead atoms. The molecule has 0 saturated heterocycles. The maximum Gasteiger partial charge on any atom is 0.202 e. The molecule has 1 aromatic carbocycles. The van der Waals surface area contributed by atoms with Gasteiger partial charge in [-0.05, 0) is 0 Å². The molecule has 7 heteroatoms. The van der Waals surface area contributed by atoms with Crippen LogP contribution < -0.4 is 4.43 Å². The zero-order valence-electron chi connectivity index (χ0n) is 6.70. The number of benzene rings is 1. The Hall–Kier alpha value is -0.826. The van der Waals surface area contributed by atoms with Gasteiger partial charge in [-0.3, -0.25) is 0 Å². The largest absolute Gasteiger partial charge is 0.550 e. The van der Waals surface area contributed by atoms with Crippen LogP contribution in [0.15, 0.2) is 6.07 Å². The SMILES string of the molecule is Fc1cc(F)c(F)c(O[SiH2][SiH3])c1F. The molecule has 0 atom stereocenters. The number of hydrogen-bond acceptors (Lipinski definition) is 1. The van der Waals surface area contributed by atoms with Crippen molar-refractivity contribution < 1.29 is 22.0 Å². The van der Waals surface area contributed by atoms with E-state index in [2.05, 4.69) is 4.43 Å². The van der Waals surface area contributed by atoms with Crippen molar-refractivity contribution in [3.05, 3.63) is 29.3 Å². The molecule has 72 valence electrons. The lowest BCUT2D eigenvalue weighted by Crippen LogP contribution is -2.07. The normalized spacial score (nSPS) is 11.4. The molecule has 0 heterocycles. The van der Waals surface area contributed by atoms with Crippen molar-refractivity contribution >= 4 is 19.0 Å². The Morgan fingerprint density at radius 1 is 1.08 bits per heavy atom. The summed E-state index contributed by atoms with van der Waals surface area (Å²) in [4.78, 5) is 0. The maximum atomic E-state index is 12.8. The van der Waals surface area contributed by atoms with E-state index >= 15 is 0 Å². The molecule has 0 aliphatic rings. The minimum absolute atomic E-state index is 0.159. The summed E-state index contributed by atoms with van der Waals surface area (Å²) in [5.41, 5.74) is 0. The van der Waals surface area contributed by atoms with Gasteiger partial charge in [-0.25, -0.2) is 8.78 Å². The molecule has 0 N–H and O–H groups in total. The zero-order chi connectivity index (χ0) is 10.0. The first kappa shape index (κ1) is 10.3. The van der Waals surface area contributed by atoms with Crippen molar-refractivity contribution in [2.75, 3.05) is 0 Å². The van der Waals surface area contributed by atoms with E-state index in [1.165, 1.54) is 0 Å². The lowest BCUT2D eigenvalue weighted by molar-refractivity contribution is 0.402. The summed E-state index contributed by atoms with van der Waals surface area (Å²) in [6, 6.07) is 0.159. The van der Waals surface area contributed by atoms with Gasteiger partial charge in [0.1, 0.15) is 0 Å². The summed E-state index contributed by atoms with van der Waals surface area (Å²) in [6.45, 7) is 0. The van der Waals surface area contributed by atoms with Crippen LogP contribution in [0.25, 0.3) is 0 Å². The van der Waals surface area contributed by atoms with Crippen LogP contribution >= 0.6 is 0 Å². The van der Waals surface area contributed by atoms with Crippen molar-refractivity contribution in [2.24, 2.45) is 0 Å². The average molecular weight is 226 g/mol. The molecule has 0 fully saturated rings. The molecule has 0 saturated carbocycles. The van der Waals surface area contributed by atoms with Crippen LogP contribution in [0.5, 0.6) is 5.75 Å². The van der Waals surface area contributed by atoms with Gasteiger partial charge < -0.3 is 4.43 Å². The van der Waals surface area contributed by atoms with Crippen LogP contribution in [0.4, 0.5) is 17.6 Å². The number of halogens is 4. The molecule has 0 radical (unpaired) electrons. The molecule has 0 amide bonds. The van der Waals surface area contributed by atoms with E-state index in [-0.39, 0.29) is 6.07 Å². The second-order valence-electron chi connectivity index (χ2n) is 2.23. The highest BCUT2D eigenvalue weighted by atomic mass is 29.1. The Bertz CT molecular complexity index is 305.